The molecule has 0 fully saturated rings. The van der Waals surface area contributed by atoms with Crippen molar-refractivity contribution in [3.05, 3.63) is 65.2 Å². The molecule has 0 unspecified atom stereocenters. The van der Waals surface area contributed by atoms with Crippen LogP contribution in [0, 0.1) is 20.8 Å². The van der Waals surface area contributed by atoms with E-state index in [-0.39, 0.29) is 11.7 Å². The summed E-state index contributed by atoms with van der Waals surface area (Å²) >= 11 is 2.84. The van der Waals surface area contributed by atoms with Crippen molar-refractivity contribution >= 4 is 44.4 Å². The summed E-state index contributed by atoms with van der Waals surface area (Å²) in [6.45, 7) is 6.17. The number of thioether (sulfide) groups is 1. The third kappa shape index (κ3) is 4.63. The number of aromatic nitrogens is 3. The maximum absolute atomic E-state index is 12.3. The van der Waals surface area contributed by atoms with Crippen LogP contribution in [0.15, 0.2) is 53.6 Å². The van der Waals surface area contributed by atoms with Crippen molar-refractivity contribution in [3.63, 3.8) is 0 Å². The minimum atomic E-state index is -0.105. The van der Waals surface area contributed by atoms with E-state index in [1.54, 1.807) is 0 Å². The summed E-state index contributed by atoms with van der Waals surface area (Å²) < 4.78 is 1.07. The van der Waals surface area contributed by atoms with Gasteiger partial charge in [0.1, 0.15) is 5.03 Å². The summed E-state index contributed by atoms with van der Waals surface area (Å²) in [5.41, 5.74) is 6.35. The second-order valence-electron chi connectivity index (χ2n) is 6.90. The fourth-order valence-electron chi connectivity index (χ4n) is 2.93. The number of hydrogen-bond donors (Lipinski definition) is 1. The number of fused-ring (bicyclic) bond motifs is 1. The molecule has 0 saturated heterocycles. The molecule has 2 aromatic heterocycles. The van der Waals surface area contributed by atoms with Gasteiger partial charge in [-0.2, -0.15) is 0 Å². The van der Waals surface area contributed by atoms with E-state index < -0.39 is 0 Å². The molecule has 0 saturated carbocycles. The first kappa shape index (κ1) is 19.5. The molecule has 29 heavy (non-hydrogen) atoms. The smallest absolute Gasteiger partial charge is 0.236 e. The van der Waals surface area contributed by atoms with E-state index in [4.69, 9.17) is 0 Å². The van der Waals surface area contributed by atoms with Crippen LogP contribution in [0.3, 0.4) is 0 Å². The Morgan fingerprint density at radius 3 is 2.59 bits per heavy atom. The lowest BCUT2D eigenvalue weighted by atomic mass is 10.0. The molecule has 146 valence electrons. The first-order valence-corrected chi connectivity index (χ1v) is 11.0. The van der Waals surface area contributed by atoms with E-state index in [2.05, 4.69) is 58.6 Å². The molecule has 2 heterocycles. The average molecular weight is 421 g/mol. The largest absolute Gasteiger partial charge is 0.301 e. The molecule has 4 aromatic rings. The number of nitrogens with zero attached hydrogens (tertiary/aromatic N) is 3. The molecule has 0 radical (unpaired) electrons. The second kappa shape index (κ2) is 8.31. The molecule has 0 aliphatic rings. The lowest BCUT2D eigenvalue weighted by Gasteiger charge is -2.06. The number of rotatable bonds is 5. The van der Waals surface area contributed by atoms with E-state index in [0.29, 0.717) is 10.2 Å². The van der Waals surface area contributed by atoms with Crippen molar-refractivity contribution in [1.29, 1.82) is 0 Å². The third-order valence-corrected chi connectivity index (χ3v) is 6.30. The van der Waals surface area contributed by atoms with Crippen molar-refractivity contribution in [3.8, 4) is 11.3 Å². The number of thiazole rings is 1. The Kier molecular flexibility index (Phi) is 5.60. The van der Waals surface area contributed by atoms with Crippen LogP contribution < -0.4 is 5.32 Å². The molecular weight excluding hydrogens is 400 g/mol. The molecule has 4 rings (SSSR count). The highest BCUT2D eigenvalue weighted by molar-refractivity contribution is 7.99. The van der Waals surface area contributed by atoms with Crippen LogP contribution in [0.1, 0.15) is 16.7 Å². The molecular formula is C22H20N4OS2. The maximum atomic E-state index is 12.3. The molecule has 0 spiro atoms. The Morgan fingerprint density at radius 1 is 1.00 bits per heavy atom. The van der Waals surface area contributed by atoms with Gasteiger partial charge in [0.2, 0.25) is 5.91 Å². The zero-order valence-corrected chi connectivity index (χ0v) is 18.0. The Hall–Kier alpha value is -2.77. The number of carbonyl (C=O) groups is 1. The van der Waals surface area contributed by atoms with Crippen LogP contribution in [-0.2, 0) is 4.79 Å². The number of nitrogens with one attached hydrogen (secondary N) is 1. The standard InChI is InChI=1S/C22H20N4OS2/c1-13-4-6-15(3)16(10-13)17-8-9-21(26-25-17)28-12-20(27)24-22-23-18-7-5-14(2)11-19(18)29-22/h4-11H,12H2,1-3H3,(H,23,24,27). The predicted molar refractivity (Wildman–Crippen MR) is 121 cm³/mol. The van der Waals surface area contributed by atoms with Gasteiger partial charge in [-0.05, 0) is 62.2 Å². The van der Waals surface area contributed by atoms with Gasteiger partial charge in [-0.3, -0.25) is 4.79 Å². The predicted octanol–water partition coefficient (Wildman–Crippen LogP) is 5.41. The number of carbonyl (C=O) groups excluding carboxylic acids is 1. The lowest BCUT2D eigenvalue weighted by Crippen LogP contribution is -2.13. The average Bonchev–Trinajstić information content (AvgIpc) is 3.10. The van der Waals surface area contributed by atoms with Gasteiger partial charge in [0.25, 0.3) is 0 Å². The molecule has 1 amide bonds. The topological polar surface area (TPSA) is 67.8 Å². The molecule has 1 N–H and O–H groups in total. The molecule has 0 aliphatic carbocycles. The Balaban J connectivity index is 1.38. The van der Waals surface area contributed by atoms with Crippen LogP contribution in [-0.4, -0.2) is 26.8 Å². The molecule has 0 bridgehead atoms. The number of anilines is 1. The summed E-state index contributed by atoms with van der Waals surface area (Å²) in [7, 11) is 0. The highest BCUT2D eigenvalue weighted by atomic mass is 32.2. The van der Waals surface area contributed by atoms with Gasteiger partial charge in [-0.15, -0.1) is 10.2 Å². The Labute approximate surface area is 177 Å². The quantitative estimate of drug-likeness (QED) is 0.437. The van der Waals surface area contributed by atoms with E-state index in [0.717, 1.165) is 27.0 Å². The summed E-state index contributed by atoms with van der Waals surface area (Å²) in [4.78, 5) is 16.7. The molecule has 5 nitrogen and oxygen atoms in total. The van der Waals surface area contributed by atoms with Gasteiger partial charge in [-0.1, -0.05) is 46.9 Å². The van der Waals surface area contributed by atoms with E-state index >= 15 is 0 Å². The molecule has 7 heteroatoms. The Morgan fingerprint density at radius 2 is 1.79 bits per heavy atom. The van der Waals surface area contributed by atoms with Crippen molar-refractivity contribution in [2.24, 2.45) is 0 Å². The van der Waals surface area contributed by atoms with Gasteiger partial charge in [0, 0.05) is 5.56 Å². The summed E-state index contributed by atoms with van der Waals surface area (Å²) in [5, 5.41) is 12.8. The van der Waals surface area contributed by atoms with Gasteiger partial charge >= 0.3 is 0 Å². The normalized spacial score (nSPS) is 11.0. The monoisotopic (exact) mass is 420 g/mol. The fourth-order valence-corrected chi connectivity index (χ4v) is 4.53. The van der Waals surface area contributed by atoms with Gasteiger partial charge in [0.15, 0.2) is 5.13 Å². The highest BCUT2D eigenvalue weighted by Gasteiger charge is 2.10. The summed E-state index contributed by atoms with van der Waals surface area (Å²) in [5.74, 6) is 0.151. The second-order valence-corrected chi connectivity index (χ2v) is 8.93. The van der Waals surface area contributed by atoms with Crippen molar-refractivity contribution in [1.82, 2.24) is 15.2 Å². The van der Waals surface area contributed by atoms with Crippen LogP contribution in [0.25, 0.3) is 21.5 Å². The highest BCUT2D eigenvalue weighted by Crippen LogP contribution is 2.27. The number of benzene rings is 2. The minimum absolute atomic E-state index is 0.105. The van der Waals surface area contributed by atoms with Gasteiger partial charge in [-0.25, -0.2) is 4.98 Å². The Bertz CT molecular complexity index is 1190. The van der Waals surface area contributed by atoms with Crippen LogP contribution in [0.5, 0.6) is 0 Å². The van der Waals surface area contributed by atoms with Crippen LogP contribution in [0.4, 0.5) is 5.13 Å². The fraction of sp³-hybridized carbons (Fsp3) is 0.182. The number of amides is 1. The summed E-state index contributed by atoms with van der Waals surface area (Å²) in [6.07, 6.45) is 0. The number of aryl methyl sites for hydroxylation is 3. The zero-order chi connectivity index (χ0) is 20.4. The van der Waals surface area contributed by atoms with Crippen molar-refractivity contribution in [2.45, 2.75) is 25.8 Å². The van der Waals surface area contributed by atoms with Gasteiger partial charge < -0.3 is 5.32 Å². The maximum Gasteiger partial charge on any atom is 0.236 e. The first-order chi connectivity index (χ1) is 14.0. The van der Waals surface area contributed by atoms with Crippen molar-refractivity contribution < 1.29 is 4.79 Å². The van der Waals surface area contributed by atoms with E-state index in [1.807, 2.05) is 31.2 Å². The first-order valence-electron chi connectivity index (χ1n) is 9.19. The third-order valence-electron chi connectivity index (χ3n) is 4.45. The SMILES string of the molecule is Cc1ccc(C)c(-c2ccc(SCC(=O)Nc3nc4ccc(C)cc4s3)nn2)c1. The molecule has 2 aromatic carbocycles. The van der Waals surface area contributed by atoms with Crippen LogP contribution in [0.2, 0.25) is 0 Å². The van der Waals surface area contributed by atoms with Crippen molar-refractivity contribution in [2.75, 3.05) is 11.1 Å². The molecule has 0 atom stereocenters. The van der Waals surface area contributed by atoms with E-state index in [1.165, 1.54) is 34.2 Å². The minimum Gasteiger partial charge on any atom is -0.301 e. The number of hydrogen-bond acceptors (Lipinski definition) is 6. The van der Waals surface area contributed by atoms with E-state index in [9.17, 15) is 4.79 Å². The lowest BCUT2D eigenvalue weighted by molar-refractivity contribution is -0.113. The molecule has 0 aliphatic heterocycles. The summed E-state index contributed by atoms with van der Waals surface area (Å²) in [6, 6.07) is 16.2. The van der Waals surface area contributed by atoms with Gasteiger partial charge in [0.05, 0.1) is 21.7 Å². The zero-order valence-electron chi connectivity index (χ0n) is 16.4. The van der Waals surface area contributed by atoms with Crippen LogP contribution >= 0.6 is 23.1 Å².